The molecule has 0 saturated carbocycles. The van der Waals surface area contributed by atoms with E-state index in [2.05, 4.69) is 5.32 Å². The molecule has 0 unspecified atom stereocenters. The maximum atomic E-state index is 12.0. The number of ether oxygens (including phenoxy) is 1. The summed E-state index contributed by atoms with van der Waals surface area (Å²) < 4.78 is 5.10. The third-order valence-electron chi connectivity index (χ3n) is 2.60. The number of Topliss-reactive ketones (excluding diaryl/α,β-unsaturated/α-hetero) is 1. The van der Waals surface area contributed by atoms with Gasteiger partial charge in [0.05, 0.1) is 7.11 Å². The monoisotopic (exact) mass is 275 g/mol. The van der Waals surface area contributed by atoms with Crippen molar-refractivity contribution in [3.63, 3.8) is 0 Å². The zero-order valence-electron chi connectivity index (χ0n) is 10.6. The van der Waals surface area contributed by atoms with E-state index >= 15 is 0 Å². The van der Waals surface area contributed by atoms with Crippen molar-refractivity contribution in [2.45, 2.75) is 6.92 Å². The number of ketones is 1. The van der Waals surface area contributed by atoms with Crippen LogP contribution < -0.4 is 10.1 Å². The molecule has 5 heteroatoms. The van der Waals surface area contributed by atoms with E-state index in [0.29, 0.717) is 21.9 Å². The second kappa shape index (κ2) is 5.67. The minimum Gasteiger partial charge on any atom is -0.495 e. The minimum atomic E-state index is -0.220. The van der Waals surface area contributed by atoms with Crippen molar-refractivity contribution >= 4 is 28.7 Å². The quantitative estimate of drug-likeness (QED) is 0.872. The number of carbonyl (C=O) groups excluding carboxylic acids is 2. The van der Waals surface area contributed by atoms with Crippen molar-refractivity contribution in [1.29, 1.82) is 0 Å². The van der Waals surface area contributed by atoms with Gasteiger partial charge in [0.25, 0.3) is 5.91 Å². The van der Waals surface area contributed by atoms with E-state index in [-0.39, 0.29) is 11.7 Å². The van der Waals surface area contributed by atoms with Crippen LogP contribution in [-0.2, 0) is 0 Å². The number of hydrogen-bond donors (Lipinski definition) is 1. The van der Waals surface area contributed by atoms with Gasteiger partial charge in [-0.25, -0.2) is 0 Å². The van der Waals surface area contributed by atoms with Crippen LogP contribution in [0.2, 0.25) is 0 Å². The van der Waals surface area contributed by atoms with Crippen LogP contribution in [0, 0.1) is 0 Å². The number of nitrogens with one attached hydrogen (secondary N) is 1. The van der Waals surface area contributed by atoms with E-state index in [4.69, 9.17) is 4.74 Å². The highest BCUT2D eigenvalue weighted by Crippen LogP contribution is 2.25. The highest BCUT2D eigenvalue weighted by atomic mass is 32.1. The van der Waals surface area contributed by atoms with Crippen molar-refractivity contribution < 1.29 is 14.3 Å². The SMILES string of the molecule is COc1ccsc1C(=O)Nc1ccc(C(C)=O)cc1. The van der Waals surface area contributed by atoms with E-state index in [1.54, 1.807) is 35.7 Å². The molecule has 0 spiro atoms. The summed E-state index contributed by atoms with van der Waals surface area (Å²) in [5.74, 6) is 0.336. The number of hydrogen-bond acceptors (Lipinski definition) is 4. The lowest BCUT2D eigenvalue weighted by Crippen LogP contribution is -2.11. The second-order valence-electron chi connectivity index (χ2n) is 3.91. The Morgan fingerprint density at radius 2 is 1.84 bits per heavy atom. The molecular formula is C14H13NO3S. The number of methoxy groups -OCH3 is 1. The van der Waals surface area contributed by atoms with Crippen molar-refractivity contribution in [3.8, 4) is 5.75 Å². The fraction of sp³-hybridized carbons (Fsp3) is 0.143. The van der Waals surface area contributed by atoms with Crippen molar-refractivity contribution in [2.24, 2.45) is 0 Å². The largest absolute Gasteiger partial charge is 0.495 e. The van der Waals surface area contributed by atoms with E-state index in [1.165, 1.54) is 25.4 Å². The minimum absolute atomic E-state index is 0.00203. The fourth-order valence-electron chi connectivity index (χ4n) is 1.60. The predicted molar refractivity (Wildman–Crippen MR) is 75.3 cm³/mol. The van der Waals surface area contributed by atoms with Crippen molar-refractivity contribution in [3.05, 3.63) is 46.2 Å². The van der Waals surface area contributed by atoms with Crippen LogP contribution in [0.25, 0.3) is 0 Å². The molecule has 0 aliphatic heterocycles. The highest BCUT2D eigenvalue weighted by Gasteiger charge is 2.13. The summed E-state index contributed by atoms with van der Waals surface area (Å²) in [6.45, 7) is 1.50. The molecule has 1 amide bonds. The maximum absolute atomic E-state index is 12.0. The van der Waals surface area contributed by atoms with Gasteiger partial charge in [-0.15, -0.1) is 11.3 Å². The molecule has 19 heavy (non-hydrogen) atoms. The average molecular weight is 275 g/mol. The molecule has 0 aliphatic carbocycles. The Hall–Kier alpha value is -2.14. The molecule has 0 fully saturated rings. The van der Waals surface area contributed by atoms with Gasteiger partial charge in [0.15, 0.2) is 5.78 Å². The Kier molecular flexibility index (Phi) is 3.97. The lowest BCUT2D eigenvalue weighted by atomic mass is 10.1. The van der Waals surface area contributed by atoms with Gasteiger partial charge in [-0.3, -0.25) is 9.59 Å². The summed E-state index contributed by atoms with van der Waals surface area (Å²) in [5.41, 5.74) is 1.26. The van der Waals surface area contributed by atoms with Crippen molar-refractivity contribution in [2.75, 3.05) is 12.4 Å². The summed E-state index contributed by atoms with van der Waals surface area (Å²) in [4.78, 5) is 23.7. The average Bonchev–Trinajstić information content (AvgIpc) is 2.87. The zero-order valence-corrected chi connectivity index (χ0v) is 11.4. The van der Waals surface area contributed by atoms with Crippen LogP contribution in [0.4, 0.5) is 5.69 Å². The van der Waals surface area contributed by atoms with Crippen LogP contribution in [0.15, 0.2) is 35.7 Å². The molecule has 0 bridgehead atoms. The molecular weight excluding hydrogens is 262 g/mol. The van der Waals surface area contributed by atoms with Gasteiger partial charge in [0.1, 0.15) is 10.6 Å². The summed E-state index contributed by atoms with van der Waals surface area (Å²) in [6, 6.07) is 8.52. The number of rotatable bonds is 4. The summed E-state index contributed by atoms with van der Waals surface area (Å²) in [6.07, 6.45) is 0. The van der Waals surface area contributed by atoms with E-state index in [1.807, 2.05) is 0 Å². The first-order chi connectivity index (χ1) is 9.11. The van der Waals surface area contributed by atoms with E-state index < -0.39 is 0 Å². The number of thiophene rings is 1. The molecule has 0 saturated heterocycles. The van der Waals surface area contributed by atoms with Crippen LogP contribution in [0.1, 0.15) is 27.0 Å². The second-order valence-corrected chi connectivity index (χ2v) is 4.82. The van der Waals surface area contributed by atoms with Crippen LogP contribution in [0.3, 0.4) is 0 Å². The van der Waals surface area contributed by atoms with Crippen LogP contribution in [-0.4, -0.2) is 18.8 Å². The van der Waals surface area contributed by atoms with E-state index in [0.717, 1.165) is 0 Å². The number of carbonyl (C=O) groups is 2. The molecule has 0 aliphatic rings. The van der Waals surface area contributed by atoms with Gasteiger partial charge in [-0.1, -0.05) is 0 Å². The summed E-state index contributed by atoms with van der Waals surface area (Å²) in [5, 5.41) is 4.56. The highest BCUT2D eigenvalue weighted by molar-refractivity contribution is 7.12. The number of anilines is 1. The Morgan fingerprint density at radius 1 is 1.16 bits per heavy atom. The van der Waals surface area contributed by atoms with E-state index in [9.17, 15) is 9.59 Å². The molecule has 1 aromatic carbocycles. The first-order valence-electron chi connectivity index (χ1n) is 5.65. The van der Waals surface area contributed by atoms with Crippen LogP contribution in [0.5, 0.6) is 5.75 Å². The topological polar surface area (TPSA) is 55.4 Å². The van der Waals surface area contributed by atoms with Gasteiger partial charge in [0, 0.05) is 11.3 Å². The molecule has 2 aromatic rings. The third-order valence-corrected chi connectivity index (χ3v) is 3.50. The summed E-state index contributed by atoms with van der Waals surface area (Å²) >= 11 is 1.32. The van der Waals surface area contributed by atoms with Gasteiger partial charge < -0.3 is 10.1 Å². The maximum Gasteiger partial charge on any atom is 0.269 e. The molecule has 0 radical (unpaired) electrons. The predicted octanol–water partition coefficient (Wildman–Crippen LogP) is 3.21. The molecule has 1 heterocycles. The van der Waals surface area contributed by atoms with Crippen molar-refractivity contribution in [1.82, 2.24) is 0 Å². The Labute approximate surface area is 115 Å². The Bertz CT molecular complexity index is 601. The molecule has 4 nitrogen and oxygen atoms in total. The Morgan fingerprint density at radius 3 is 2.42 bits per heavy atom. The number of amides is 1. The lowest BCUT2D eigenvalue weighted by molar-refractivity contribution is 0.101. The first-order valence-corrected chi connectivity index (χ1v) is 6.53. The molecule has 98 valence electrons. The fourth-order valence-corrected chi connectivity index (χ4v) is 2.35. The summed E-state index contributed by atoms with van der Waals surface area (Å²) in [7, 11) is 1.53. The molecule has 1 N–H and O–H groups in total. The lowest BCUT2D eigenvalue weighted by Gasteiger charge is -2.06. The molecule has 1 aromatic heterocycles. The van der Waals surface area contributed by atoms with Gasteiger partial charge >= 0.3 is 0 Å². The standard InChI is InChI=1S/C14H13NO3S/c1-9(16)10-3-5-11(6-4-10)15-14(17)13-12(18-2)7-8-19-13/h3-8H,1-2H3,(H,15,17). The first kappa shape index (κ1) is 13.3. The number of benzene rings is 1. The smallest absolute Gasteiger partial charge is 0.269 e. The van der Waals surface area contributed by atoms with Gasteiger partial charge in [0.2, 0.25) is 0 Å². The molecule has 2 rings (SSSR count). The molecule has 0 atom stereocenters. The normalized spacial score (nSPS) is 10.0. The Balaban J connectivity index is 2.13. The zero-order chi connectivity index (χ0) is 13.8. The van der Waals surface area contributed by atoms with Crippen LogP contribution >= 0.6 is 11.3 Å². The van der Waals surface area contributed by atoms with Gasteiger partial charge in [-0.05, 0) is 42.6 Å². The van der Waals surface area contributed by atoms with Gasteiger partial charge in [-0.2, -0.15) is 0 Å². The third kappa shape index (κ3) is 3.00.